The first kappa shape index (κ1) is 39.3. The maximum absolute atomic E-state index is 5.30. The minimum Gasteiger partial charge on any atom is -0.585 e. The summed E-state index contributed by atoms with van der Waals surface area (Å²) in [7, 11) is 9.07. The molecule has 6 aromatic carbocycles. The topological polar surface area (TPSA) is 62.5 Å². The second kappa shape index (κ2) is 19.8. The van der Waals surface area contributed by atoms with Gasteiger partial charge in [0.05, 0.1) is 28.4 Å². The normalized spacial score (nSPS) is 10.4. The van der Waals surface area contributed by atoms with Crippen LogP contribution in [-0.4, -0.2) is 52.1 Å². The predicted molar refractivity (Wildman–Crippen MR) is 212 cm³/mol. The summed E-state index contributed by atoms with van der Waals surface area (Å²) in [5.74, 6) is 5.45. The summed E-state index contributed by atoms with van der Waals surface area (Å²) in [5, 5.41) is 7.70. The molecule has 0 aromatic heterocycles. The molecule has 0 bridgehead atoms. The monoisotopic (exact) mass is 769 g/mol. The molecule has 2 N–H and O–H groups in total. The van der Waals surface area contributed by atoms with Crippen molar-refractivity contribution in [2.75, 3.05) is 42.7 Å². The third-order valence-corrected chi connectivity index (χ3v) is 12.9. The van der Waals surface area contributed by atoms with E-state index >= 15 is 0 Å². The summed E-state index contributed by atoms with van der Waals surface area (Å²) in [5.41, 5.74) is 0. The molecule has 0 spiro atoms. The van der Waals surface area contributed by atoms with Gasteiger partial charge in [0.1, 0.15) is 23.0 Å². The minimum atomic E-state index is -0.665. The zero-order chi connectivity index (χ0) is 35.3. The van der Waals surface area contributed by atoms with E-state index in [9.17, 15) is 0 Å². The standard InChI is InChI=1S/2C21H21O3P.Cu/c2*1-22-16-4-10-19(11-5-16)25(20-12-6-17(23-2)7-13-20)21-14-8-18(24-3)9-15-21;/h2*4-15H,1-3H3;/p+2. The molecule has 6 nitrogen and oxygen atoms in total. The molecule has 9 heteroatoms. The van der Waals surface area contributed by atoms with E-state index in [0.29, 0.717) is 0 Å². The minimum absolute atomic E-state index is 0. The Bertz CT molecular complexity index is 1520. The summed E-state index contributed by atoms with van der Waals surface area (Å²) in [6.45, 7) is 0. The fraction of sp³-hybridized carbons (Fsp3) is 0.143. The van der Waals surface area contributed by atoms with Crippen LogP contribution in [0.15, 0.2) is 146 Å². The quantitative estimate of drug-likeness (QED) is 0.0794. The first-order valence-corrected chi connectivity index (χ1v) is 18.7. The molecule has 267 valence electrons. The van der Waals surface area contributed by atoms with Crippen molar-refractivity contribution in [2.45, 2.75) is 0 Å². The van der Waals surface area contributed by atoms with E-state index in [-0.39, 0.29) is 17.1 Å². The first-order chi connectivity index (χ1) is 24.5. The van der Waals surface area contributed by atoms with Crippen LogP contribution >= 0.6 is 15.8 Å². The van der Waals surface area contributed by atoms with Crippen LogP contribution in [0.25, 0.3) is 0 Å². The molecule has 0 atom stereocenters. The van der Waals surface area contributed by atoms with Gasteiger partial charge >= 0.3 is 0 Å². The van der Waals surface area contributed by atoms with Gasteiger partial charge in [0, 0.05) is 41.3 Å². The number of benzene rings is 6. The largest absolute Gasteiger partial charge is 0.585 e. The molecule has 51 heavy (non-hydrogen) atoms. The Labute approximate surface area is 314 Å². The van der Waals surface area contributed by atoms with Gasteiger partial charge in [-0.25, -0.2) is 0 Å². The third kappa shape index (κ3) is 10.3. The van der Waals surface area contributed by atoms with Gasteiger partial charge in [-0.3, -0.25) is 0 Å². The zero-order valence-electron chi connectivity index (χ0n) is 29.6. The number of rotatable bonds is 12. The van der Waals surface area contributed by atoms with Crippen molar-refractivity contribution in [3.63, 3.8) is 0 Å². The van der Waals surface area contributed by atoms with E-state index in [1.54, 1.807) is 28.4 Å². The van der Waals surface area contributed by atoms with Crippen LogP contribution in [0.5, 0.6) is 34.5 Å². The number of aliphatic hydroxyl groups is 2. The van der Waals surface area contributed by atoms with Gasteiger partial charge in [-0.2, -0.15) is 0 Å². The second-order valence-corrected chi connectivity index (χ2v) is 15.4. The van der Waals surface area contributed by atoms with Gasteiger partial charge in [-0.1, -0.05) is 48.5 Å². The number of aromatic hydroxyl groups is 2. The summed E-state index contributed by atoms with van der Waals surface area (Å²) >= 11 is 0. The van der Waals surface area contributed by atoms with Gasteiger partial charge < -0.3 is 28.4 Å². The van der Waals surface area contributed by atoms with E-state index in [1.807, 2.05) is 62.8 Å². The van der Waals surface area contributed by atoms with E-state index in [2.05, 4.69) is 107 Å². The molecule has 6 rings (SSSR count). The maximum Gasteiger partial charge on any atom is 0.254 e. The fourth-order valence-electron chi connectivity index (χ4n) is 5.32. The van der Waals surface area contributed by atoms with Gasteiger partial charge in [0.2, 0.25) is 0 Å². The Morgan fingerprint density at radius 1 is 0.314 bits per heavy atom. The molecule has 0 saturated heterocycles. The van der Waals surface area contributed by atoms with E-state index in [1.165, 1.54) is 31.8 Å². The summed E-state index contributed by atoms with van der Waals surface area (Å²) < 4.78 is 29.7. The van der Waals surface area contributed by atoms with Crippen molar-refractivity contribution < 1.29 is 45.5 Å². The molecule has 0 aliphatic heterocycles. The Balaban J connectivity index is 0.000000224. The number of ether oxygens (including phenoxy) is 6. The van der Waals surface area contributed by atoms with Crippen molar-refractivity contribution in [1.82, 2.24) is 0 Å². The van der Waals surface area contributed by atoms with E-state index < -0.39 is 15.8 Å². The Morgan fingerprint density at radius 2 is 0.490 bits per heavy atom. The molecular formula is C42H44CuO6P2+2. The van der Waals surface area contributed by atoms with Crippen molar-refractivity contribution in [2.24, 2.45) is 0 Å². The average Bonchev–Trinajstić information content (AvgIpc) is 3.20. The van der Waals surface area contributed by atoms with E-state index in [4.69, 9.17) is 18.9 Å². The molecule has 0 aliphatic carbocycles. The molecule has 0 aliphatic rings. The van der Waals surface area contributed by atoms with Crippen LogP contribution in [0.3, 0.4) is 0 Å². The Morgan fingerprint density at radius 3 is 0.647 bits per heavy atom. The van der Waals surface area contributed by atoms with Crippen molar-refractivity contribution in [3.05, 3.63) is 146 Å². The number of hydrogen-bond acceptors (Lipinski definition) is 4. The summed E-state index contributed by atoms with van der Waals surface area (Å²) in [6.07, 6.45) is 0. The van der Waals surface area contributed by atoms with Crippen LogP contribution in [0, 0.1) is 0 Å². The molecule has 1 radical (unpaired) electrons. The average molecular weight is 770 g/mol. The fourth-order valence-corrected chi connectivity index (χ4v) is 9.79. The first-order valence-electron chi connectivity index (χ1n) is 16.1. The van der Waals surface area contributed by atoms with Crippen molar-refractivity contribution >= 4 is 47.7 Å². The predicted octanol–water partition coefficient (Wildman–Crippen LogP) is 6.66. The van der Waals surface area contributed by atoms with Gasteiger partial charge in [-0.05, 0) is 120 Å². The van der Waals surface area contributed by atoms with Crippen LogP contribution in [-0.2, 0) is 17.1 Å². The summed E-state index contributed by atoms with van der Waals surface area (Å²) in [6, 6.07) is 50.3. The van der Waals surface area contributed by atoms with Gasteiger partial charge in [0.15, 0.2) is 14.2 Å². The Hall–Kier alpha value is -4.50. The molecule has 0 unspecified atom stereocenters. The van der Waals surface area contributed by atoms with Crippen LogP contribution in [0.4, 0.5) is 0 Å². The molecular weight excluding hydrogens is 726 g/mol. The molecule has 0 amide bonds. The molecule has 0 heterocycles. The SMILES string of the molecule is COc1ccc(P(c2ccc(OC)cc2)c2ccc(OC)cc2)cc1.COc1ccc(P(c2ccc([OH+]C)cc2)c2ccc([OH+]C)cc2)cc1.[Cu]. The maximum atomic E-state index is 5.30. The van der Waals surface area contributed by atoms with E-state index in [0.717, 1.165) is 34.5 Å². The molecule has 6 aromatic rings. The van der Waals surface area contributed by atoms with Crippen LogP contribution in [0.2, 0.25) is 0 Å². The third-order valence-electron chi connectivity index (χ3n) is 8.05. The number of hydrogen-bond donors (Lipinski definition) is 0. The van der Waals surface area contributed by atoms with Crippen molar-refractivity contribution in [3.8, 4) is 34.5 Å². The molecule has 0 saturated carbocycles. The smallest absolute Gasteiger partial charge is 0.254 e. The Kier molecular flexibility index (Phi) is 15.2. The van der Waals surface area contributed by atoms with Gasteiger partial charge in [-0.15, -0.1) is 0 Å². The zero-order valence-corrected chi connectivity index (χ0v) is 32.3. The number of methoxy groups -OCH3 is 4. The van der Waals surface area contributed by atoms with Crippen LogP contribution in [0.1, 0.15) is 0 Å². The molecule has 0 fully saturated rings. The summed E-state index contributed by atoms with van der Waals surface area (Å²) in [4.78, 5) is 0. The van der Waals surface area contributed by atoms with Gasteiger partial charge in [0.25, 0.3) is 11.5 Å². The second-order valence-electron chi connectivity index (χ2n) is 10.9. The van der Waals surface area contributed by atoms with Crippen LogP contribution < -0.4 is 50.8 Å². The van der Waals surface area contributed by atoms with Crippen molar-refractivity contribution in [1.29, 1.82) is 0 Å².